The van der Waals surface area contributed by atoms with E-state index in [-0.39, 0.29) is 6.61 Å². The van der Waals surface area contributed by atoms with Crippen LogP contribution in [0.3, 0.4) is 0 Å². The minimum absolute atomic E-state index is 0.0486. The molecule has 0 bridgehead atoms. The number of halogens is 3. The molecular formula is C6H9F3O3. The largest absolute Gasteiger partial charge is 0.479 e. The van der Waals surface area contributed by atoms with Crippen LogP contribution in [-0.2, 0) is 9.53 Å². The zero-order valence-corrected chi connectivity index (χ0v) is 6.39. The Morgan fingerprint density at radius 3 is 2.33 bits per heavy atom. The van der Waals surface area contributed by atoms with E-state index in [0.29, 0.717) is 0 Å². The van der Waals surface area contributed by atoms with Gasteiger partial charge in [0.15, 0.2) is 6.10 Å². The van der Waals surface area contributed by atoms with E-state index in [9.17, 15) is 18.0 Å². The number of carbonyl (C=O) groups is 1. The Balaban J connectivity index is 4.05. The Morgan fingerprint density at radius 2 is 2.08 bits per heavy atom. The fourth-order valence-electron chi connectivity index (χ4n) is 0.629. The van der Waals surface area contributed by atoms with Gasteiger partial charge in [-0.1, -0.05) is 0 Å². The summed E-state index contributed by atoms with van der Waals surface area (Å²) in [6, 6.07) is 0. The Bertz CT molecular complexity index is 155. The van der Waals surface area contributed by atoms with Gasteiger partial charge in [-0.05, 0) is 6.92 Å². The van der Waals surface area contributed by atoms with Crippen molar-refractivity contribution in [3.05, 3.63) is 0 Å². The average molecular weight is 186 g/mol. The second kappa shape index (κ2) is 4.30. The SMILES string of the molecule is CCOC(CC(F)(F)F)C(=O)O. The highest BCUT2D eigenvalue weighted by atomic mass is 19.4. The molecule has 0 aliphatic rings. The number of rotatable bonds is 4. The molecule has 0 radical (unpaired) electrons. The van der Waals surface area contributed by atoms with Crippen LogP contribution in [0.1, 0.15) is 13.3 Å². The number of hydrogen-bond acceptors (Lipinski definition) is 2. The molecule has 0 aromatic heterocycles. The summed E-state index contributed by atoms with van der Waals surface area (Å²) in [6.07, 6.45) is -7.73. The third kappa shape index (κ3) is 4.95. The van der Waals surface area contributed by atoms with Gasteiger partial charge in [0.25, 0.3) is 0 Å². The number of ether oxygens (including phenoxy) is 1. The fourth-order valence-corrected chi connectivity index (χ4v) is 0.629. The van der Waals surface area contributed by atoms with Crippen molar-refractivity contribution in [3.63, 3.8) is 0 Å². The van der Waals surface area contributed by atoms with Crippen LogP contribution >= 0.6 is 0 Å². The molecule has 1 unspecified atom stereocenters. The van der Waals surface area contributed by atoms with E-state index in [1.807, 2.05) is 0 Å². The zero-order chi connectivity index (χ0) is 9.78. The van der Waals surface area contributed by atoms with Gasteiger partial charge in [-0.3, -0.25) is 0 Å². The second-order valence-corrected chi connectivity index (χ2v) is 2.10. The predicted molar refractivity (Wildman–Crippen MR) is 33.7 cm³/mol. The molecule has 0 fully saturated rings. The summed E-state index contributed by atoms with van der Waals surface area (Å²) in [5.74, 6) is -1.59. The van der Waals surface area contributed by atoms with Crippen molar-refractivity contribution < 1.29 is 27.8 Å². The van der Waals surface area contributed by atoms with E-state index >= 15 is 0 Å². The van der Waals surface area contributed by atoms with Gasteiger partial charge < -0.3 is 9.84 Å². The number of hydrogen-bond donors (Lipinski definition) is 1. The minimum Gasteiger partial charge on any atom is -0.479 e. The molecule has 0 heterocycles. The Hall–Kier alpha value is -0.780. The van der Waals surface area contributed by atoms with Crippen molar-refractivity contribution in [2.75, 3.05) is 6.61 Å². The zero-order valence-electron chi connectivity index (χ0n) is 6.39. The van der Waals surface area contributed by atoms with Crippen LogP contribution in [0.2, 0.25) is 0 Å². The van der Waals surface area contributed by atoms with E-state index in [2.05, 4.69) is 4.74 Å². The quantitative estimate of drug-likeness (QED) is 0.722. The maximum absolute atomic E-state index is 11.6. The molecule has 12 heavy (non-hydrogen) atoms. The first kappa shape index (κ1) is 11.2. The first-order valence-corrected chi connectivity index (χ1v) is 3.28. The topological polar surface area (TPSA) is 46.5 Å². The second-order valence-electron chi connectivity index (χ2n) is 2.10. The number of aliphatic carboxylic acids is 1. The monoisotopic (exact) mass is 186 g/mol. The summed E-state index contributed by atoms with van der Waals surface area (Å²) in [4.78, 5) is 10.1. The lowest BCUT2D eigenvalue weighted by molar-refractivity contribution is -0.179. The lowest BCUT2D eigenvalue weighted by Crippen LogP contribution is -2.29. The van der Waals surface area contributed by atoms with Crippen LogP contribution < -0.4 is 0 Å². The van der Waals surface area contributed by atoms with Crippen LogP contribution in [0.15, 0.2) is 0 Å². The van der Waals surface area contributed by atoms with Gasteiger partial charge in [0.2, 0.25) is 0 Å². The van der Waals surface area contributed by atoms with Gasteiger partial charge in [0.1, 0.15) is 0 Å². The number of alkyl halides is 3. The molecule has 72 valence electrons. The summed E-state index contributed by atoms with van der Waals surface area (Å²) in [5.41, 5.74) is 0. The smallest absolute Gasteiger partial charge is 0.392 e. The van der Waals surface area contributed by atoms with Crippen molar-refractivity contribution >= 4 is 5.97 Å². The molecule has 6 heteroatoms. The van der Waals surface area contributed by atoms with Gasteiger partial charge in [0, 0.05) is 6.61 Å². The lowest BCUT2D eigenvalue weighted by atomic mass is 10.2. The number of carboxylic acids is 1. The van der Waals surface area contributed by atoms with Crippen LogP contribution in [0.4, 0.5) is 13.2 Å². The van der Waals surface area contributed by atoms with Crippen LogP contribution in [-0.4, -0.2) is 30.0 Å². The van der Waals surface area contributed by atoms with Gasteiger partial charge in [-0.25, -0.2) is 4.79 Å². The summed E-state index contributed by atoms with van der Waals surface area (Å²) >= 11 is 0. The summed E-state index contributed by atoms with van der Waals surface area (Å²) in [5, 5.41) is 8.24. The Labute approximate surface area is 67.1 Å². The van der Waals surface area contributed by atoms with Crippen LogP contribution in [0.25, 0.3) is 0 Å². The van der Waals surface area contributed by atoms with Gasteiger partial charge >= 0.3 is 12.1 Å². The molecule has 1 atom stereocenters. The molecule has 0 amide bonds. The molecule has 0 aliphatic carbocycles. The predicted octanol–water partition coefficient (Wildman–Crippen LogP) is 1.43. The van der Waals surface area contributed by atoms with E-state index < -0.39 is 24.7 Å². The first-order valence-electron chi connectivity index (χ1n) is 3.28. The van der Waals surface area contributed by atoms with Crippen LogP contribution in [0, 0.1) is 0 Å². The molecule has 0 saturated heterocycles. The fraction of sp³-hybridized carbons (Fsp3) is 0.833. The molecule has 0 saturated carbocycles. The lowest BCUT2D eigenvalue weighted by Gasteiger charge is -2.13. The van der Waals surface area contributed by atoms with Crippen molar-refractivity contribution in [2.24, 2.45) is 0 Å². The molecule has 0 aliphatic heterocycles. The Morgan fingerprint density at radius 1 is 1.58 bits per heavy atom. The van der Waals surface area contributed by atoms with Crippen molar-refractivity contribution in [2.45, 2.75) is 25.6 Å². The summed E-state index contributed by atoms with van der Waals surface area (Å²) in [7, 11) is 0. The first-order chi connectivity index (χ1) is 5.37. The Kier molecular flexibility index (Phi) is 4.02. The van der Waals surface area contributed by atoms with Crippen molar-refractivity contribution in [1.82, 2.24) is 0 Å². The van der Waals surface area contributed by atoms with E-state index in [1.54, 1.807) is 0 Å². The minimum atomic E-state index is -4.50. The molecule has 1 N–H and O–H groups in total. The van der Waals surface area contributed by atoms with E-state index in [1.165, 1.54) is 6.92 Å². The third-order valence-electron chi connectivity index (χ3n) is 1.06. The molecule has 0 rings (SSSR count). The third-order valence-corrected chi connectivity index (χ3v) is 1.06. The normalized spacial score (nSPS) is 14.3. The maximum Gasteiger partial charge on any atom is 0.392 e. The van der Waals surface area contributed by atoms with Crippen molar-refractivity contribution in [3.8, 4) is 0 Å². The molecule has 3 nitrogen and oxygen atoms in total. The van der Waals surface area contributed by atoms with Gasteiger partial charge in [0.05, 0.1) is 6.42 Å². The molecular weight excluding hydrogens is 177 g/mol. The van der Waals surface area contributed by atoms with Crippen LogP contribution in [0.5, 0.6) is 0 Å². The molecule has 0 spiro atoms. The average Bonchev–Trinajstić information content (AvgIpc) is 1.83. The summed E-state index contributed by atoms with van der Waals surface area (Å²) < 4.78 is 39.3. The summed E-state index contributed by atoms with van der Waals surface area (Å²) in [6.45, 7) is 1.39. The molecule has 0 aromatic rings. The van der Waals surface area contributed by atoms with Gasteiger partial charge in [-0.2, -0.15) is 13.2 Å². The van der Waals surface area contributed by atoms with E-state index in [0.717, 1.165) is 0 Å². The maximum atomic E-state index is 11.6. The van der Waals surface area contributed by atoms with E-state index in [4.69, 9.17) is 5.11 Å². The van der Waals surface area contributed by atoms with Gasteiger partial charge in [-0.15, -0.1) is 0 Å². The highest BCUT2D eigenvalue weighted by Crippen LogP contribution is 2.22. The standard InChI is InChI=1S/C6H9F3O3/c1-2-12-4(5(10)11)3-6(7,8)9/h4H,2-3H2,1H3,(H,10,11). The number of carboxylic acid groups (broad SMARTS) is 1. The van der Waals surface area contributed by atoms with Crippen molar-refractivity contribution in [1.29, 1.82) is 0 Å². The highest BCUT2D eigenvalue weighted by Gasteiger charge is 2.35. The highest BCUT2D eigenvalue weighted by molar-refractivity contribution is 5.72. The molecule has 0 aromatic carbocycles.